The molecule has 0 radical (unpaired) electrons. The van der Waals surface area contributed by atoms with Gasteiger partial charge in [0.1, 0.15) is 5.54 Å². The van der Waals surface area contributed by atoms with Gasteiger partial charge >= 0.3 is 5.97 Å². The fourth-order valence-corrected chi connectivity index (χ4v) is 2.54. The Morgan fingerprint density at radius 1 is 1.43 bits per heavy atom. The first kappa shape index (κ1) is 18.4. The molecule has 0 aromatic carbocycles. The zero-order valence-electron chi connectivity index (χ0n) is 13.8. The first-order chi connectivity index (χ1) is 10.1. The summed E-state index contributed by atoms with van der Waals surface area (Å²) in [4.78, 5) is 11.9. The van der Waals surface area contributed by atoms with E-state index in [0.717, 1.165) is 65.1 Å². The SMILES string of the molecule is CCCNC(C)(CCCCOCC1CCOC1)C(=O)OC. The summed E-state index contributed by atoms with van der Waals surface area (Å²) in [5.41, 5.74) is -0.579. The van der Waals surface area contributed by atoms with Crippen molar-refractivity contribution < 1.29 is 19.0 Å². The van der Waals surface area contributed by atoms with Gasteiger partial charge in [0.25, 0.3) is 0 Å². The fourth-order valence-electron chi connectivity index (χ4n) is 2.54. The number of esters is 1. The standard InChI is InChI=1S/C16H31NO4/c1-4-9-17-16(2,15(18)19-3)8-5-6-10-20-12-14-7-11-21-13-14/h14,17H,4-13H2,1-3H3. The van der Waals surface area contributed by atoms with Gasteiger partial charge in [0, 0.05) is 19.1 Å². The summed E-state index contributed by atoms with van der Waals surface area (Å²) in [5.74, 6) is 0.386. The molecule has 1 aliphatic heterocycles. The van der Waals surface area contributed by atoms with E-state index in [1.807, 2.05) is 6.92 Å². The number of ether oxygens (including phenoxy) is 3. The van der Waals surface area contributed by atoms with Crippen LogP contribution in [0, 0.1) is 5.92 Å². The minimum absolute atomic E-state index is 0.181. The molecule has 0 saturated carbocycles. The number of carbonyl (C=O) groups is 1. The van der Waals surface area contributed by atoms with Crippen LogP contribution in [0.1, 0.15) is 46.0 Å². The summed E-state index contributed by atoms with van der Waals surface area (Å²) in [6, 6.07) is 0. The molecule has 124 valence electrons. The summed E-state index contributed by atoms with van der Waals surface area (Å²) in [5, 5.41) is 3.30. The maximum atomic E-state index is 11.9. The summed E-state index contributed by atoms with van der Waals surface area (Å²) >= 11 is 0. The smallest absolute Gasteiger partial charge is 0.325 e. The van der Waals surface area contributed by atoms with Crippen LogP contribution in [0.3, 0.4) is 0 Å². The summed E-state index contributed by atoms with van der Waals surface area (Å²) in [6.07, 6.45) is 4.80. The lowest BCUT2D eigenvalue weighted by atomic mass is 9.94. The van der Waals surface area contributed by atoms with Gasteiger partial charge in [-0.15, -0.1) is 0 Å². The molecule has 1 aliphatic rings. The van der Waals surface area contributed by atoms with Gasteiger partial charge in [0.15, 0.2) is 0 Å². The molecule has 1 heterocycles. The summed E-state index contributed by atoms with van der Waals surface area (Å²) < 4.78 is 15.9. The number of hydrogen-bond donors (Lipinski definition) is 1. The minimum Gasteiger partial charge on any atom is -0.468 e. The molecule has 2 unspecified atom stereocenters. The van der Waals surface area contributed by atoms with E-state index in [9.17, 15) is 4.79 Å². The third-order valence-electron chi connectivity index (χ3n) is 3.99. The number of methoxy groups -OCH3 is 1. The number of unbranched alkanes of at least 4 members (excludes halogenated alkanes) is 1. The fraction of sp³-hybridized carbons (Fsp3) is 0.938. The molecule has 5 nitrogen and oxygen atoms in total. The highest BCUT2D eigenvalue weighted by Gasteiger charge is 2.32. The molecule has 21 heavy (non-hydrogen) atoms. The predicted octanol–water partition coefficient (Wildman–Crippen LogP) is 2.14. The van der Waals surface area contributed by atoms with Gasteiger partial charge in [-0.1, -0.05) is 6.92 Å². The van der Waals surface area contributed by atoms with Crippen molar-refractivity contribution in [1.29, 1.82) is 0 Å². The number of hydrogen-bond acceptors (Lipinski definition) is 5. The van der Waals surface area contributed by atoms with Crippen LogP contribution in [-0.4, -0.2) is 51.6 Å². The first-order valence-electron chi connectivity index (χ1n) is 8.11. The molecule has 0 aromatic rings. The van der Waals surface area contributed by atoms with E-state index in [2.05, 4.69) is 12.2 Å². The Bertz CT molecular complexity index is 292. The molecule has 0 amide bonds. The van der Waals surface area contributed by atoms with Gasteiger partial charge in [-0.25, -0.2) is 0 Å². The molecule has 5 heteroatoms. The Kier molecular flexibility index (Phi) is 8.88. The van der Waals surface area contributed by atoms with E-state index in [1.54, 1.807) is 0 Å². The molecule has 2 atom stereocenters. The Morgan fingerprint density at radius 3 is 2.86 bits per heavy atom. The molecular formula is C16H31NO4. The van der Waals surface area contributed by atoms with E-state index < -0.39 is 5.54 Å². The lowest BCUT2D eigenvalue weighted by Gasteiger charge is -2.28. The maximum Gasteiger partial charge on any atom is 0.325 e. The summed E-state index contributed by atoms with van der Waals surface area (Å²) in [6.45, 7) is 8.08. The lowest BCUT2D eigenvalue weighted by molar-refractivity contribution is -0.148. The zero-order valence-corrected chi connectivity index (χ0v) is 13.8. The largest absolute Gasteiger partial charge is 0.468 e. The normalized spacial score (nSPS) is 21.2. The minimum atomic E-state index is -0.579. The number of carbonyl (C=O) groups excluding carboxylic acids is 1. The molecule has 1 N–H and O–H groups in total. The Hall–Kier alpha value is -0.650. The van der Waals surface area contributed by atoms with Gasteiger partial charge in [-0.3, -0.25) is 4.79 Å². The van der Waals surface area contributed by atoms with Gasteiger partial charge < -0.3 is 19.5 Å². The van der Waals surface area contributed by atoms with Crippen LogP contribution in [0.15, 0.2) is 0 Å². The van der Waals surface area contributed by atoms with Crippen molar-refractivity contribution in [2.45, 2.75) is 51.5 Å². The van der Waals surface area contributed by atoms with Crippen LogP contribution in [0.4, 0.5) is 0 Å². The highest BCUT2D eigenvalue weighted by atomic mass is 16.5. The van der Waals surface area contributed by atoms with Crippen molar-refractivity contribution in [2.75, 3.05) is 40.1 Å². The highest BCUT2D eigenvalue weighted by molar-refractivity contribution is 5.80. The van der Waals surface area contributed by atoms with E-state index in [0.29, 0.717) is 5.92 Å². The average Bonchev–Trinajstić information content (AvgIpc) is 3.01. The van der Waals surface area contributed by atoms with Crippen LogP contribution in [0.2, 0.25) is 0 Å². The van der Waals surface area contributed by atoms with Gasteiger partial charge in [0.2, 0.25) is 0 Å². The van der Waals surface area contributed by atoms with Crippen LogP contribution in [0.5, 0.6) is 0 Å². The van der Waals surface area contributed by atoms with Crippen molar-refractivity contribution in [2.24, 2.45) is 5.92 Å². The molecule has 0 spiro atoms. The van der Waals surface area contributed by atoms with Crippen LogP contribution >= 0.6 is 0 Å². The molecule has 0 bridgehead atoms. The average molecular weight is 301 g/mol. The molecule has 1 saturated heterocycles. The van der Waals surface area contributed by atoms with Crippen LogP contribution in [0.25, 0.3) is 0 Å². The monoisotopic (exact) mass is 301 g/mol. The Labute approximate surface area is 128 Å². The molecule has 1 fully saturated rings. The van der Waals surface area contributed by atoms with Crippen molar-refractivity contribution in [3.05, 3.63) is 0 Å². The predicted molar refractivity (Wildman–Crippen MR) is 82.3 cm³/mol. The second-order valence-electron chi connectivity index (χ2n) is 6.01. The van der Waals surface area contributed by atoms with E-state index >= 15 is 0 Å². The molecular weight excluding hydrogens is 270 g/mol. The molecule has 0 aliphatic carbocycles. The number of rotatable bonds is 11. The quantitative estimate of drug-likeness (QED) is 0.468. The Morgan fingerprint density at radius 2 is 2.24 bits per heavy atom. The molecule has 0 aromatic heterocycles. The van der Waals surface area contributed by atoms with Gasteiger partial charge in [0.05, 0.1) is 20.3 Å². The third kappa shape index (κ3) is 6.76. The van der Waals surface area contributed by atoms with Gasteiger partial charge in [-0.05, 0) is 45.6 Å². The van der Waals surface area contributed by atoms with Crippen molar-refractivity contribution in [3.8, 4) is 0 Å². The number of nitrogens with one attached hydrogen (secondary N) is 1. The van der Waals surface area contributed by atoms with Crippen molar-refractivity contribution >= 4 is 5.97 Å². The third-order valence-corrected chi connectivity index (χ3v) is 3.99. The summed E-state index contributed by atoms with van der Waals surface area (Å²) in [7, 11) is 1.45. The lowest BCUT2D eigenvalue weighted by Crippen LogP contribution is -2.50. The first-order valence-corrected chi connectivity index (χ1v) is 8.11. The van der Waals surface area contributed by atoms with Crippen LogP contribution < -0.4 is 5.32 Å². The second kappa shape index (κ2) is 10.1. The van der Waals surface area contributed by atoms with Crippen molar-refractivity contribution in [3.63, 3.8) is 0 Å². The highest BCUT2D eigenvalue weighted by Crippen LogP contribution is 2.17. The molecule has 1 rings (SSSR count). The van der Waals surface area contributed by atoms with Crippen molar-refractivity contribution in [1.82, 2.24) is 5.32 Å². The van der Waals surface area contributed by atoms with E-state index in [4.69, 9.17) is 14.2 Å². The Balaban J connectivity index is 2.15. The van der Waals surface area contributed by atoms with E-state index in [-0.39, 0.29) is 5.97 Å². The van der Waals surface area contributed by atoms with E-state index in [1.165, 1.54) is 7.11 Å². The van der Waals surface area contributed by atoms with Crippen LogP contribution in [-0.2, 0) is 19.0 Å². The maximum absolute atomic E-state index is 11.9. The topological polar surface area (TPSA) is 56.8 Å². The second-order valence-corrected chi connectivity index (χ2v) is 6.01. The zero-order chi connectivity index (χ0) is 15.6. The van der Waals surface area contributed by atoms with Gasteiger partial charge in [-0.2, -0.15) is 0 Å².